The maximum absolute atomic E-state index is 12.5. The second kappa shape index (κ2) is 7.92. The molecule has 0 spiro atoms. The Kier molecular flexibility index (Phi) is 5.21. The molecule has 4 nitrogen and oxygen atoms in total. The van der Waals surface area contributed by atoms with Crippen LogP contribution in [0.1, 0.15) is 28.8 Å². The van der Waals surface area contributed by atoms with Gasteiger partial charge in [-0.15, -0.1) is 0 Å². The van der Waals surface area contributed by atoms with Crippen LogP contribution in [0.15, 0.2) is 48.5 Å². The number of nitrogens with zero attached hydrogens (tertiary/aromatic N) is 1. The van der Waals surface area contributed by atoms with Gasteiger partial charge in [-0.1, -0.05) is 30.3 Å². The van der Waals surface area contributed by atoms with Crippen molar-refractivity contribution in [2.24, 2.45) is 5.92 Å². The largest absolute Gasteiger partial charge is 0.486 e. The molecule has 2 heterocycles. The molecule has 4 heteroatoms. The molecule has 0 aliphatic carbocycles. The summed E-state index contributed by atoms with van der Waals surface area (Å²) in [5, 5.41) is 0. The summed E-state index contributed by atoms with van der Waals surface area (Å²) in [6.45, 7) is 4.12. The van der Waals surface area contributed by atoms with E-state index < -0.39 is 0 Å². The monoisotopic (exact) mass is 351 g/mol. The number of ketones is 1. The summed E-state index contributed by atoms with van der Waals surface area (Å²) in [4.78, 5) is 15.0. The van der Waals surface area contributed by atoms with Gasteiger partial charge in [-0.05, 0) is 49.1 Å². The fraction of sp³-hybridized carbons (Fsp3) is 0.409. The Hall–Kier alpha value is -2.33. The van der Waals surface area contributed by atoms with E-state index >= 15 is 0 Å². The third-order valence-corrected chi connectivity index (χ3v) is 5.26. The molecule has 0 amide bonds. The van der Waals surface area contributed by atoms with Crippen LogP contribution < -0.4 is 9.47 Å². The van der Waals surface area contributed by atoms with Crippen LogP contribution >= 0.6 is 0 Å². The van der Waals surface area contributed by atoms with E-state index in [4.69, 9.17) is 9.47 Å². The van der Waals surface area contributed by atoms with Crippen molar-refractivity contribution < 1.29 is 14.3 Å². The quantitative estimate of drug-likeness (QED) is 0.746. The smallest absolute Gasteiger partial charge is 0.164 e. The predicted molar refractivity (Wildman–Crippen MR) is 101 cm³/mol. The third kappa shape index (κ3) is 4.07. The molecule has 1 saturated heterocycles. The van der Waals surface area contributed by atoms with Crippen molar-refractivity contribution >= 4 is 5.78 Å². The average molecular weight is 351 g/mol. The minimum Gasteiger partial charge on any atom is -0.486 e. The highest BCUT2D eigenvalue weighted by molar-refractivity contribution is 5.96. The SMILES string of the molecule is O=C(CCN1CCC(Cc2ccccc2)C1)c1ccc2c(c1)OCCO2. The van der Waals surface area contributed by atoms with E-state index in [1.807, 2.05) is 18.2 Å². The Morgan fingerprint density at radius 1 is 1.04 bits per heavy atom. The Morgan fingerprint density at radius 2 is 1.85 bits per heavy atom. The molecule has 2 aliphatic rings. The zero-order chi connectivity index (χ0) is 17.8. The molecule has 1 unspecified atom stereocenters. The van der Waals surface area contributed by atoms with Gasteiger partial charge in [0.1, 0.15) is 13.2 Å². The lowest BCUT2D eigenvalue weighted by Gasteiger charge is -2.19. The van der Waals surface area contributed by atoms with Gasteiger partial charge in [0.2, 0.25) is 0 Å². The number of rotatable bonds is 6. The standard InChI is InChI=1S/C22H25NO3/c24-20(19-6-7-21-22(15-19)26-13-12-25-21)9-11-23-10-8-18(16-23)14-17-4-2-1-3-5-17/h1-7,15,18H,8-14,16H2. The van der Waals surface area contributed by atoms with Crippen LogP contribution in [0, 0.1) is 5.92 Å². The van der Waals surface area contributed by atoms with E-state index in [9.17, 15) is 4.79 Å². The molecule has 0 N–H and O–H groups in total. The molecule has 2 aliphatic heterocycles. The summed E-state index contributed by atoms with van der Waals surface area (Å²) >= 11 is 0. The van der Waals surface area contributed by atoms with Crippen molar-refractivity contribution in [3.63, 3.8) is 0 Å². The summed E-state index contributed by atoms with van der Waals surface area (Å²) in [7, 11) is 0. The van der Waals surface area contributed by atoms with E-state index in [0.29, 0.717) is 36.9 Å². The van der Waals surface area contributed by atoms with E-state index in [1.165, 1.54) is 12.0 Å². The van der Waals surface area contributed by atoms with Crippen molar-refractivity contribution in [1.82, 2.24) is 4.90 Å². The van der Waals surface area contributed by atoms with Crippen molar-refractivity contribution in [3.05, 3.63) is 59.7 Å². The highest BCUT2D eigenvalue weighted by atomic mass is 16.6. The summed E-state index contributed by atoms with van der Waals surface area (Å²) < 4.78 is 11.1. The normalized spacial score (nSPS) is 19.5. The number of hydrogen-bond donors (Lipinski definition) is 0. The number of benzene rings is 2. The van der Waals surface area contributed by atoms with E-state index in [1.54, 1.807) is 0 Å². The van der Waals surface area contributed by atoms with E-state index in [2.05, 4.69) is 35.2 Å². The number of hydrogen-bond acceptors (Lipinski definition) is 4. The van der Waals surface area contributed by atoms with Crippen LogP contribution in [0.4, 0.5) is 0 Å². The van der Waals surface area contributed by atoms with Gasteiger partial charge in [0.15, 0.2) is 17.3 Å². The van der Waals surface area contributed by atoms with Gasteiger partial charge in [-0.25, -0.2) is 0 Å². The molecular weight excluding hydrogens is 326 g/mol. The summed E-state index contributed by atoms with van der Waals surface area (Å²) in [6.07, 6.45) is 2.90. The molecule has 0 bridgehead atoms. The molecule has 1 atom stereocenters. The minimum atomic E-state index is 0.175. The molecule has 26 heavy (non-hydrogen) atoms. The number of fused-ring (bicyclic) bond motifs is 1. The first-order chi connectivity index (χ1) is 12.8. The zero-order valence-corrected chi connectivity index (χ0v) is 15.0. The summed E-state index contributed by atoms with van der Waals surface area (Å²) in [5.74, 6) is 2.29. The van der Waals surface area contributed by atoms with Crippen LogP contribution in [0.3, 0.4) is 0 Å². The van der Waals surface area contributed by atoms with Crippen LogP contribution in [0.2, 0.25) is 0 Å². The first-order valence-corrected chi connectivity index (χ1v) is 9.47. The van der Waals surface area contributed by atoms with Crippen molar-refractivity contribution in [2.45, 2.75) is 19.3 Å². The van der Waals surface area contributed by atoms with Gasteiger partial charge in [0.05, 0.1) is 0 Å². The number of likely N-dealkylation sites (tertiary alicyclic amines) is 1. The summed E-state index contributed by atoms with van der Waals surface area (Å²) in [6, 6.07) is 16.2. The molecule has 1 fully saturated rings. The van der Waals surface area contributed by atoms with Crippen LogP contribution in [-0.2, 0) is 6.42 Å². The molecule has 136 valence electrons. The van der Waals surface area contributed by atoms with Crippen LogP contribution in [0.25, 0.3) is 0 Å². The van der Waals surface area contributed by atoms with Crippen LogP contribution in [-0.4, -0.2) is 43.5 Å². The number of carbonyl (C=O) groups excluding carboxylic acids is 1. The molecule has 0 radical (unpaired) electrons. The van der Waals surface area contributed by atoms with Gasteiger partial charge in [-0.3, -0.25) is 4.79 Å². The number of ether oxygens (including phenoxy) is 2. The second-order valence-corrected chi connectivity index (χ2v) is 7.18. The average Bonchev–Trinajstić information content (AvgIpc) is 3.14. The van der Waals surface area contributed by atoms with Gasteiger partial charge in [0.25, 0.3) is 0 Å². The predicted octanol–water partition coefficient (Wildman–Crippen LogP) is 3.60. The molecule has 2 aromatic carbocycles. The zero-order valence-electron chi connectivity index (χ0n) is 15.0. The molecule has 4 rings (SSSR count). The first-order valence-electron chi connectivity index (χ1n) is 9.47. The minimum absolute atomic E-state index is 0.175. The van der Waals surface area contributed by atoms with Crippen molar-refractivity contribution in [3.8, 4) is 11.5 Å². The first kappa shape index (κ1) is 17.1. The van der Waals surface area contributed by atoms with Gasteiger partial charge in [-0.2, -0.15) is 0 Å². The maximum atomic E-state index is 12.5. The Balaban J connectivity index is 1.27. The van der Waals surface area contributed by atoms with Gasteiger partial charge in [0, 0.05) is 25.1 Å². The summed E-state index contributed by atoms with van der Waals surface area (Å²) in [5.41, 5.74) is 2.13. The van der Waals surface area contributed by atoms with Gasteiger partial charge >= 0.3 is 0 Å². The van der Waals surface area contributed by atoms with Crippen molar-refractivity contribution in [1.29, 1.82) is 0 Å². The van der Waals surface area contributed by atoms with E-state index in [0.717, 1.165) is 31.8 Å². The lowest BCUT2D eigenvalue weighted by molar-refractivity contribution is 0.0967. The Labute approximate surface area is 154 Å². The van der Waals surface area contributed by atoms with Gasteiger partial charge < -0.3 is 14.4 Å². The maximum Gasteiger partial charge on any atom is 0.164 e. The van der Waals surface area contributed by atoms with Crippen molar-refractivity contribution in [2.75, 3.05) is 32.8 Å². The highest BCUT2D eigenvalue weighted by Gasteiger charge is 2.23. The second-order valence-electron chi connectivity index (χ2n) is 7.18. The lowest BCUT2D eigenvalue weighted by atomic mass is 9.99. The number of Topliss-reactive ketones (excluding diaryl/α,β-unsaturated/α-hetero) is 1. The fourth-order valence-corrected chi connectivity index (χ4v) is 3.85. The number of carbonyl (C=O) groups is 1. The van der Waals surface area contributed by atoms with E-state index in [-0.39, 0.29) is 5.78 Å². The van der Waals surface area contributed by atoms with Crippen LogP contribution in [0.5, 0.6) is 11.5 Å². The lowest BCUT2D eigenvalue weighted by Crippen LogP contribution is -2.24. The Bertz CT molecular complexity index is 759. The Morgan fingerprint density at radius 3 is 2.69 bits per heavy atom. The highest BCUT2D eigenvalue weighted by Crippen LogP contribution is 2.31. The topological polar surface area (TPSA) is 38.8 Å². The third-order valence-electron chi connectivity index (χ3n) is 5.26. The molecule has 2 aromatic rings. The molecular formula is C22H25NO3. The molecule has 0 saturated carbocycles. The molecule has 0 aromatic heterocycles. The fourth-order valence-electron chi connectivity index (χ4n) is 3.85.